The summed E-state index contributed by atoms with van der Waals surface area (Å²) in [6, 6.07) is 0. The smallest absolute Gasteiger partial charge is 0.257 e. The van der Waals surface area contributed by atoms with Crippen molar-refractivity contribution in [3.05, 3.63) is 24.0 Å². The molecule has 0 radical (unpaired) electrons. The van der Waals surface area contributed by atoms with Gasteiger partial charge < -0.3 is 14.2 Å². The molecule has 0 saturated carbocycles. The Kier molecular flexibility index (Phi) is 5.52. The highest BCUT2D eigenvalue weighted by Gasteiger charge is 2.27. The number of piperidine rings is 2. The monoisotopic (exact) mass is 371 g/mol. The second-order valence-corrected chi connectivity index (χ2v) is 7.52. The van der Waals surface area contributed by atoms with E-state index in [2.05, 4.69) is 41.6 Å². The van der Waals surface area contributed by atoms with Crippen LogP contribution in [0.5, 0.6) is 5.88 Å². The highest BCUT2D eigenvalue weighted by atomic mass is 16.5. The Bertz CT molecular complexity index is 748. The van der Waals surface area contributed by atoms with E-state index in [1.165, 1.54) is 32.4 Å². The molecular weight excluding hydrogens is 342 g/mol. The Morgan fingerprint density at radius 2 is 1.74 bits per heavy atom. The molecule has 4 heterocycles. The molecule has 0 N–H and O–H groups in total. The lowest BCUT2D eigenvalue weighted by Gasteiger charge is -2.32. The minimum absolute atomic E-state index is 0.441. The molecule has 2 aromatic heterocycles. The third-order valence-corrected chi connectivity index (χ3v) is 5.81. The predicted molar refractivity (Wildman–Crippen MR) is 103 cm³/mol. The highest BCUT2D eigenvalue weighted by molar-refractivity contribution is 5.48. The first-order chi connectivity index (χ1) is 13.3. The number of anilines is 1. The number of nitrogens with zero attached hydrogens (tertiary/aromatic N) is 7. The van der Waals surface area contributed by atoms with E-state index in [1.54, 1.807) is 19.5 Å². The van der Waals surface area contributed by atoms with Crippen molar-refractivity contribution in [2.75, 3.05) is 38.2 Å². The van der Waals surface area contributed by atoms with Gasteiger partial charge in [0.25, 0.3) is 5.88 Å². The number of ether oxygens (including phenoxy) is 1. The molecule has 0 bridgehead atoms. The molecule has 2 aliphatic heterocycles. The fourth-order valence-corrected chi connectivity index (χ4v) is 4.21. The lowest BCUT2D eigenvalue weighted by atomic mass is 9.96. The summed E-state index contributed by atoms with van der Waals surface area (Å²) < 4.78 is 7.58. The van der Waals surface area contributed by atoms with E-state index < -0.39 is 0 Å². The van der Waals surface area contributed by atoms with Crippen molar-refractivity contribution in [3.8, 4) is 5.88 Å². The Morgan fingerprint density at radius 1 is 1.00 bits per heavy atom. The number of hydrogen-bond acceptors (Lipinski definition) is 7. The van der Waals surface area contributed by atoms with E-state index in [1.807, 2.05) is 0 Å². The van der Waals surface area contributed by atoms with Gasteiger partial charge in [-0.3, -0.25) is 4.90 Å². The van der Waals surface area contributed by atoms with Crippen LogP contribution in [0.4, 0.5) is 5.82 Å². The molecule has 0 aliphatic carbocycles. The summed E-state index contributed by atoms with van der Waals surface area (Å²) in [5.41, 5.74) is 0. The predicted octanol–water partition coefficient (Wildman–Crippen LogP) is 1.98. The van der Waals surface area contributed by atoms with E-state index in [4.69, 9.17) is 4.74 Å². The fraction of sp³-hybridized carbons (Fsp3) is 0.684. The fourth-order valence-electron chi connectivity index (χ4n) is 4.21. The second-order valence-electron chi connectivity index (χ2n) is 7.52. The highest BCUT2D eigenvalue weighted by Crippen LogP contribution is 2.31. The van der Waals surface area contributed by atoms with E-state index in [-0.39, 0.29) is 0 Å². The molecule has 8 heteroatoms. The molecule has 2 saturated heterocycles. The molecule has 2 fully saturated rings. The van der Waals surface area contributed by atoms with Gasteiger partial charge >= 0.3 is 0 Å². The van der Waals surface area contributed by atoms with E-state index in [0.717, 1.165) is 49.9 Å². The number of likely N-dealkylation sites (tertiary alicyclic amines) is 1. The molecule has 146 valence electrons. The Hall–Kier alpha value is -2.22. The van der Waals surface area contributed by atoms with Gasteiger partial charge in [-0.15, -0.1) is 10.2 Å². The summed E-state index contributed by atoms with van der Waals surface area (Å²) in [5, 5.41) is 9.06. The van der Waals surface area contributed by atoms with Gasteiger partial charge in [0.15, 0.2) is 5.82 Å². The number of hydrogen-bond donors (Lipinski definition) is 0. The lowest BCUT2D eigenvalue weighted by Crippen LogP contribution is -2.34. The summed E-state index contributed by atoms with van der Waals surface area (Å²) in [4.78, 5) is 13.5. The largest absolute Gasteiger partial charge is 0.478 e. The van der Waals surface area contributed by atoms with Crippen molar-refractivity contribution in [2.24, 2.45) is 7.05 Å². The third kappa shape index (κ3) is 3.90. The minimum atomic E-state index is 0.441. The van der Waals surface area contributed by atoms with Crippen LogP contribution in [0.3, 0.4) is 0 Å². The Morgan fingerprint density at radius 3 is 2.48 bits per heavy atom. The average Bonchev–Trinajstić information content (AvgIpc) is 3.09. The van der Waals surface area contributed by atoms with Gasteiger partial charge in [0.2, 0.25) is 0 Å². The van der Waals surface area contributed by atoms with Gasteiger partial charge in [-0.25, -0.2) is 9.97 Å². The summed E-state index contributed by atoms with van der Waals surface area (Å²) in [5.74, 6) is 4.08. The maximum atomic E-state index is 5.36. The average molecular weight is 371 g/mol. The summed E-state index contributed by atoms with van der Waals surface area (Å²) >= 11 is 0. The van der Waals surface area contributed by atoms with Gasteiger partial charge in [0.05, 0.1) is 13.7 Å². The van der Waals surface area contributed by atoms with Gasteiger partial charge in [0.1, 0.15) is 11.6 Å². The molecule has 2 aliphatic rings. The van der Waals surface area contributed by atoms with Crippen LogP contribution in [0.1, 0.15) is 49.7 Å². The molecule has 0 aromatic carbocycles. The van der Waals surface area contributed by atoms with Gasteiger partial charge in [-0.2, -0.15) is 0 Å². The van der Waals surface area contributed by atoms with Crippen molar-refractivity contribution >= 4 is 5.82 Å². The number of aromatic nitrogens is 5. The van der Waals surface area contributed by atoms with Crippen LogP contribution in [0.25, 0.3) is 0 Å². The van der Waals surface area contributed by atoms with E-state index in [9.17, 15) is 0 Å². The zero-order valence-corrected chi connectivity index (χ0v) is 16.3. The lowest BCUT2D eigenvalue weighted by molar-refractivity contribution is 0.213. The summed E-state index contributed by atoms with van der Waals surface area (Å²) in [6.07, 6.45) is 9.42. The Labute approximate surface area is 160 Å². The summed E-state index contributed by atoms with van der Waals surface area (Å²) in [6.45, 7) is 5.13. The second kappa shape index (κ2) is 8.21. The molecule has 8 nitrogen and oxygen atoms in total. The number of methoxy groups -OCH3 is 1. The maximum absolute atomic E-state index is 5.36. The van der Waals surface area contributed by atoms with Gasteiger partial charge in [0, 0.05) is 38.4 Å². The molecular formula is C19H29N7O. The van der Waals surface area contributed by atoms with Crippen molar-refractivity contribution < 1.29 is 4.74 Å². The molecule has 4 rings (SSSR count). The third-order valence-electron chi connectivity index (χ3n) is 5.81. The summed E-state index contributed by atoms with van der Waals surface area (Å²) in [7, 11) is 3.76. The molecule has 0 unspecified atom stereocenters. The zero-order valence-electron chi connectivity index (χ0n) is 16.3. The van der Waals surface area contributed by atoms with Crippen LogP contribution in [-0.2, 0) is 13.6 Å². The zero-order chi connectivity index (χ0) is 18.6. The SMILES string of the molecule is COc1nccnc1N1CCC(c2nnc(CN3CCCCC3)n2C)CC1. The van der Waals surface area contributed by atoms with E-state index in [0.29, 0.717) is 11.8 Å². The van der Waals surface area contributed by atoms with Crippen molar-refractivity contribution in [2.45, 2.75) is 44.6 Å². The van der Waals surface area contributed by atoms with Crippen LogP contribution < -0.4 is 9.64 Å². The standard InChI is InChI=1S/C19H29N7O/c1-24-16(14-25-10-4-3-5-11-25)22-23-17(24)15-6-12-26(13-7-15)18-19(27-2)21-9-8-20-18/h8-9,15H,3-7,10-14H2,1-2H3. The molecule has 27 heavy (non-hydrogen) atoms. The normalized spacial score (nSPS) is 19.4. The van der Waals surface area contributed by atoms with Crippen molar-refractivity contribution in [1.29, 1.82) is 0 Å². The molecule has 2 aromatic rings. The molecule has 0 atom stereocenters. The van der Waals surface area contributed by atoms with Crippen molar-refractivity contribution in [3.63, 3.8) is 0 Å². The number of rotatable bonds is 5. The Balaban J connectivity index is 1.39. The van der Waals surface area contributed by atoms with Crippen LogP contribution in [-0.4, -0.2) is 62.9 Å². The quantitative estimate of drug-likeness (QED) is 0.796. The van der Waals surface area contributed by atoms with Crippen LogP contribution in [0, 0.1) is 0 Å². The maximum Gasteiger partial charge on any atom is 0.257 e. The van der Waals surface area contributed by atoms with Crippen LogP contribution in [0.15, 0.2) is 12.4 Å². The van der Waals surface area contributed by atoms with Crippen molar-refractivity contribution in [1.82, 2.24) is 29.6 Å². The molecule has 0 amide bonds. The van der Waals surface area contributed by atoms with Crippen LogP contribution >= 0.6 is 0 Å². The van der Waals surface area contributed by atoms with Gasteiger partial charge in [-0.1, -0.05) is 6.42 Å². The molecule has 0 spiro atoms. The first-order valence-corrected chi connectivity index (χ1v) is 9.96. The topological polar surface area (TPSA) is 72.2 Å². The first-order valence-electron chi connectivity index (χ1n) is 9.96. The first kappa shape index (κ1) is 18.2. The van der Waals surface area contributed by atoms with E-state index >= 15 is 0 Å². The minimum Gasteiger partial charge on any atom is -0.478 e. The van der Waals surface area contributed by atoms with Gasteiger partial charge in [-0.05, 0) is 38.8 Å². The van der Waals surface area contributed by atoms with Crippen LogP contribution in [0.2, 0.25) is 0 Å².